The summed E-state index contributed by atoms with van der Waals surface area (Å²) in [7, 11) is 0. The van der Waals surface area contributed by atoms with Crippen LogP contribution in [-0.2, 0) is 24.1 Å². The molecule has 0 aromatic carbocycles. The van der Waals surface area contributed by atoms with Crippen molar-refractivity contribution < 1.29 is 9.53 Å². The second kappa shape index (κ2) is 10.0. The molecule has 0 saturated carbocycles. The molecule has 2 aliphatic heterocycles. The Kier molecular flexibility index (Phi) is 8.04. The van der Waals surface area contributed by atoms with E-state index in [-0.39, 0.29) is 42.7 Å². The van der Waals surface area contributed by atoms with E-state index in [1.54, 1.807) is 12.4 Å². The van der Waals surface area contributed by atoms with Crippen molar-refractivity contribution in [1.29, 1.82) is 0 Å². The number of imidazole rings is 1. The van der Waals surface area contributed by atoms with Gasteiger partial charge in [-0.05, 0) is 24.1 Å². The molecule has 9 heteroatoms. The van der Waals surface area contributed by atoms with Gasteiger partial charge in [0.2, 0.25) is 0 Å². The first-order valence-electron chi connectivity index (χ1n) is 8.84. The van der Waals surface area contributed by atoms with E-state index in [9.17, 15) is 4.79 Å². The van der Waals surface area contributed by atoms with Crippen molar-refractivity contribution in [3.05, 3.63) is 47.8 Å². The highest BCUT2D eigenvalue weighted by Gasteiger charge is 2.30. The highest BCUT2D eigenvalue weighted by Crippen LogP contribution is 2.19. The number of pyridine rings is 1. The van der Waals surface area contributed by atoms with E-state index in [1.165, 1.54) is 5.56 Å². The summed E-state index contributed by atoms with van der Waals surface area (Å²) in [5.41, 5.74) is 1.72. The Balaban J connectivity index is 0.00000131. The summed E-state index contributed by atoms with van der Waals surface area (Å²) in [5.74, 6) is 1.14. The lowest BCUT2D eigenvalue weighted by Gasteiger charge is -2.18. The monoisotopic (exact) mass is 413 g/mol. The zero-order valence-electron chi connectivity index (χ0n) is 15.0. The average molecular weight is 414 g/mol. The highest BCUT2D eigenvalue weighted by molar-refractivity contribution is 5.92. The number of rotatable bonds is 4. The number of nitrogens with zero attached hydrogens (tertiary/aromatic N) is 3. The van der Waals surface area contributed by atoms with Crippen molar-refractivity contribution in [2.75, 3.05) is 26.3 Å². The van der Waals surface area contributed by atoms with Gasteiger partial charge in [-0.15, -0.1) is 24.8 Å². The van der Waals surface area contributed by atoms with Gasteiger partial charge in [0, 0.05) is 50.6 Å². The normalized spacial score (nSPS) is 21.3. The number of hydrogen-bond acceptors (Lipinski definition) is 5. The molecule has 0 spiro atoms. The fraction of sp³-hybridized carbons (Fsp3) is 0.500. The van der Waals surface area contributed by atoms with Crippen LogP contribution in [0.4, 0.5) is 0 Å². The Labute approximate surface area is 171 Å². The Morgan fingerprint density at radius 1 is 1.26 bits per heavy atom. The van der Waals surface area contributed by atoms with E-state index in [4.69, 9.17) is 4.74 Å². The fourth-order valence-corrected chi connectivity index (χ4v) is 3.50. The second-order valence-electron chi connectivity index (χ2n) is 6.67. The molecule has 2 atom stereocenters. The molecule has 0 radical (unpaired) electrons. The van der Waals surface area contributed by atoms with Crippen LogP contribution < -0.4 is 10.6 Å². The van der Waals surface area contributed by atoms with Crippen LogP contribution in [0.5, 0.6) is 0 Å². The van der Waals surface area contributed by atoms with Gasteiger partial charge in [-0.3, -0.25) is 9.78 Å². The molecule has 2 aromatic heterocycles. The van der Waals surface area contributed by atoms with Crippen molar-refractivity contribution >= 4 is 30.7 Å². The van der Waals surface area contributed by atoms with E-state index in [0.717, 1.165) is 38.3 Å². The van der Waals surface area contributed by atoms with Gasteiger partial charge in [0.15, 0.2) is 0 Å². The first kappa shape index (κ1) is 21.6. The van der Waals surface area contributed by atoms with Crippen LogP contribution in [0.3, 0.4) is 0 Å². The van der Waals surface area contributed by atoms with Gasteiger partial charge in [0.1, 0.15) is 11.5 Å². The smallest absolute Gasteiger partial charge is 0.271 e. The van der Waals surface area contributed by atoms with Crippen LogP contribution >= 0.6 is 24.8 Å². The van der Waals surface area contributed by atoms with E-state index < -0.39 is 0 Å². The molecule has 2 N–H and O–H groups in total. The lowest BCUT2D eigenvalue weighted by molar-refractivity contribution is 0.0920. The van der Waals surface area contributed by atoms with Gasteiger partial charge in [0.05, 0.1) is 19.3 Å². The van der Waals surface area contributed by atoms with Gasteiger partial charge in [-0.25, -0.2) is 4.98 Å². The molecular weight excluding hydrogens is 389 g/mol. The number of carbonyl (C=O) groups is 1. The molecule has 148 valence electrons. The van der Waals surface area contributed by atoms with Crippen LogP contribution in [0.25, 0.3) is 0 Å². The van der Waals surface area contributed by atoms with Crippen LogP contribution in [0.15, 0.2) is 30.7 Å². The average Bonchev–Trinajstić information content (AvgIpc) is 3.17. The third kappa shape index (κ3) is 5.19. The van der Waals surface area contributed by atoms with Crippen molar-refractivity contribution in [3.8, 4) is 0 Å². The molecule has 2 aromatic rings. The van der Waals surface area contributed by atoms with Gasteiger partial charge < -0.3 is 19.9 Å². The number of carbonyl (C=O) groups excluding carboxylic acids is 1. The molecule has 4 rings (SSSR count). The number of ether oxygens (including phenoxy) is 1. The van der Waals surface area contributed by atoms with Crippen LogP contribution in [-0.4, -0.2) is 52.8 Å². The molecule has 2 aliphatic rings. The summed E-state index contributed by atoms with van der Waals surface area (Å²) in [5, 5.41) is 6.45. The van der Waals surface area contributed by atoms with Crippen molar-refractivity contribution in [2.45, 2.75) is 25.4 Å². The number of hydrogen-bond donors (Lipinski definition) is 2. The van der Waals surface area contributed by atoms with Gasteiger partial charge in [-0.2, -0.15) is 0 Å². The summed E-state index contributed by atoms with van der Waals surface area (Å²) < 4.78 is 7.69. The van der Waals surface area contributed by atoms with Crippen LogP contribution in [0.2, 0.25) is 0 Å². The quantitative estimate of drug-likeness (QED) is 0.788. The maximum Gasteiger partial charge on any atom is 0.271 e. The van der Waals surface area contributed by atoms with Crippen molar-refractivity contribution in [2.24, 2.45) is 5.92 Å². The lowest BCUT2D eigenvalue weighted by atomic mass is 9.95. The minimum absolute atomic E-state index is 0. The number of aromatic nitrogens is 3. The fourth-order valence-electron chi connectivity index (χ4n) is 3.50. The molecule has 0 bridgehead atoms. The number of fused-ring (bicyclic) bond motifs is 1. The van der Waals surface area contributed by atoms with Gasteiger partial charge in [-0.1, -0.05) is 0 Å². The predicted octanol–water partition coefficient (Wildman–Crippen LogP) is 1.25. The molecule has 1 amide bonds. The number of nitrogens with one attached hydrogen (secondary N) is 2. The molecule has 4 heterocycles. The Hall–Kier alpha value is -1.67. The first-order chi connectivity index (χ1) is 12.3. The maximum atomic E-state index is 12.6. The molecule has 1 fully saturated rings. The standard InChI is InChI=1S/C18H23N5O2.2ClH/c24-18(15-10-23-8-7-20-6-3-17(23)21-15)22-16-12-25-11-14(16)9-13-1-4-19-5-2-13;;/h1-2,4-5,10,14,16,20H,3,6-9,11-12H2,(H,22,24);2*1H/t14-,16-;;/m1../s1. The predicted molar refractivity (Wildman–Crippen MR) is 107 cm³/mol. The summed E-state index contributed by atoms with van der Waals surface area (Å²) in [6.07, 6.45) is 7.19. The Morgan fingerprint density at radius 2 is 2.07 bits per heavy atom. The van der Waals surface area contributed by atoms with E-state index >= 15 is 0 Å². The summed E-state index contributed by atoms with van der Waals surface area (Å²) in [4.78, 5) is 21.2. The van der Waals surface area contributed by atoms with Crippen LogP contribution in [0.1, 0.15) is 21.9 Å². The van der Waals surface area contributed by atoms with Crippen molar-refractivity contribution in [3.63, 3.8) is 0 Å². The lowest BCUT2D eigenvalue weighted by Crippen LogP contribution is -2.40. The third-order valence-corrected chi connectivity index (χ3v) is 4.91. The van der Waals surface area contributed by atoms with Crippen molar-refractivity contribution in [1.82, 2.24) is 25.2 Å². The largest absolute Gasteiger partial charge is 0.379 e. The maximum absolute atomic E-state index is 12.6. The zero-order valence-corrected chi connectivity index (χ0v) is 16.6. The molecule has 1 saturated heterocycles. The molecule has 0 aliphatic carbocycles. The summed E-state index contributed by atoms with van der Waals surface area (Å²) in [6.45, 7) is 3.89. The Bertz CT molecular complexity index is 717. The molecule has 27 heavy (non-hydrogen) atoms. The highest BCUT2D eigenvalue weighted by atomic mass is 35.5. The Morgan fingerprint density at radius 3 is 2.89 bits per heavy atom. The zero-order chi connectivity index (χ0) is 17.1. The van der Waals surface area contributed by atoms with E-state index in [0.29, 0.717) is 18.9 Å². The molecule has 0 unspecified atom stereocenters. The topological polar surface area (TPSA) is 81.1 Å². The summed E-state index contributed by atoms with van der Waals surface area (Å²) >= 11 is 0. The minimum atomic E-state index is -0.108. The van der Waals surface area contributed by atoms with Gasteiger partial charge in [0.25, 0.3) is 5.91 Å². The minimum Gasteiger partial charge on any atom is -0.379 e. The van der Waals surface area contributed by atoms with E-state index in [1.807, 2.05) is 18.3 Å². The SMILES string of the molecule is Cl.Cl.O=C(N[C@@H]1COC[C@H]1Cc1ccncc1)c1cn2c(n1)CCNCC2. The van der Waals surface area contributed by atoms with Gasteiger partial charge >= 0.3 is 0 Å². The number of amides is 1. The van der Waals surface area contributed by atoms with E-state index in [2.05, 4.69) is 25.2 Å². The number of halogens is 2. The second-order valence-corrected chi connectivity index (χ2v) is 6.67. The molecule has 7 nitrogen and oxygen atoms in total. The molecular formula is C18H25Cl2N5O2. The van der Waals surface area contributed by atoms with Crippen LogP contribution in [0, 0.1) is 5.92 Å². The summed E-state index contributed by atoms with van der Waals surface area (Å²) in [6, 6.07) is 4.04. The third-order valence-electron chi connectivity index (χ3n) is 4.91. The first-order valence-corrected chi connectivity index (χ1v) is 8.84.